The molecule has 0 fully saturated rings. The highest BCUT2D eigenvalue weighted by Gasteiger charge is 2.13. The van der Waals surface area contributed by atoms with Gasteiger partial charge in [-0.15, -0.1) is 0 Å². The van der Waals surface area contributed by atoms with Gasteiger partial charge in [0, 0.05) is 19.5 Å². The van der Waals surface area contributed by atoms with Crippen LogP contribution in [0.3, 0.4) is 0 Å². The maximum atomic E-state index is 12.7. The largest absolute Gasteiger partial charge is 0.343 e. The van der Waals surface area contributed by atoms with Crippen LogP contribution < -0.4 is 0 Å². The first-order valence-electron chi connectivity index (χ1n) is 6.04. The van der Waals surface area contributed by atoms with Crippen molar-refractivity contribution in [3.05, 3.63) is 35.6 Å². The van der Waals surface area contributed by atoms with Gasteiger partial charge in [0.2, 0.25) is 5.91 Å². The van der Waals surface area contributed by atoms with Crippen LogP contribution in [0.25, 0.3) is 0 Å². The second-order valence-electron chi connectivity index (χ2n) is 4.39. The number of hydrogen-bond donors (Lipinski definition) is 0. The fourth-order valence-corrected chi connectivity index (χ4v) is 1.60. The molecule has 1 aromatic carbocycles. The lowest BCUT2D eigenvalue weighted by molar-refractivity contribution is -0.131. The number of halogens is 1. The highest BCUT2D eigenvalue weighted by molar-refractivity contribution is 5.76. The standard InChI is InChI=1S/C14H20FNO/c1-4-11(2)16(3)14(17)10-7-12-5-8-13(15)9-6-12/h5-6,8-9,11H,4,7,10H2,1-3H3. The number of hydrogen-bond acceptors (Lipinski definition) is 1. The molecule has 0 bridgehead atoms. The molecular weight excluding hydrogens is 217 g/mol. The van der Waals surface area contributed by atoms with Crippen molar-refractivity contribution < 1.29 is 9.18 Å². The van der Waals surface area contributed by atoms with E-state index in [2.05, 4.69) is 6.92 Å². The summed E-state index contributed by atoms with van der Waals surface area (Å²) in [5.41, 5.74) is 0.998. The number of carbonyl (C=O) groups excluding carboxylic acids is 1. The van der Waals surface area contributed by atoms with Gasteiger partial charge < -0.3 is 4.90 Å². The topological polar surface area (TPSA) is 20.3 Å². The van der Waals surface area contributed by atoms with Crippen molar-refractivity contribution in [1.29, 1.82) is 0 Å². The van der Waals surface area contributed by atoms with Gasteiger partial charge in [-0.25, -0.2) is 4.39 Å². The van der Waals surface area contributed by atoms with E-state index >= 15 is 0 Å². The Labute approximate surface area is 102 Å². The second-order valence-corrected chi connectivity index (χ2v) is 4.39. The molecule has 1 unspecified atom stereocenters. The van der Waals surface area contributed by atoms with Crippen molar-refractivity contribution in [2.45, 2.75) is 39.2 Å². The maximum Gasteiger partial charge on any atom is 0.222 e. The molecule has 1 rings (SSSR count). The summed E-state index contributed by atoms with van der Waals surface area (Å²) in [4.78, 5) is 13.6. The third kappa shape index (κ3) is 4.17. The molecule has 0 aliphatic heterocycles. The fourth-order valence-electron chi connectivity index (χ4n) is 1.60. The van der Waals surface area contributed by atoms with Gasteiger partial charge in [-0.1, -0.05) is 19.1 Å². The molecule has 0 radical (unpaired) electrons. The molecule has 0 heterocycles. The minimum atomic E-state index is -0.239. The van der Waals surface area contributed by atoms with Crippen LogP contribution in [-0.4, -0.2) is 23.9 Å². The van der Waals surface area contributed by atoms with Crippen LogP contribution in [0.1, 0.15) is 32.3 Å². The van der Waals surface area contributed by atoms with E-state index < -0.39 is 0 Å². The molecule has 0 N–H and O–H groups in total. The molecule has 0 aliphatic carbocycles. The molecule has 0 saturated carbocycles. The number of amides is 1. The van der Waals surface area contributed by atoms with Crippen molar-refractivity contribution in [2.24, 2.45) is 0 Å². The maximum absolute atomic E-state index is 12.7. The van der Waals surface area contributed by atoms with Crippen LogP contribution >= 0.6 is 0 Å². The van der Waals surface area contributed by atoms with Crippen LogP contribution in [0.2, 0.25) is 0 Å². The smallest absolute Gasteiger partial charge is 0.222 e. The average Bonchev–Trinajstić information content (AvgIpc) is 2.35. The van der Waals surface area contributed by atoms with Crippen LogP contribution in [-0.2, 0) is 11.2 Å². The highest BCUT2D eigenvalue weighted by atomic mass is 19.1. The van der Waals surface area contributed by atoms with Gasteiger partial charge in [-0.2, -0.15) is 0 Å². The van der Waals surface area contributed by atoms with Gasteiger partial charge in [-0.3, -0.25) is 4.79 Å². The van der Waals surface area contributed by atoms with Gasteiger partial charge in [-0.05, 0) is 37.5 Å². The van der Waals surface area contributed by atoms with Gasteiger partial charge in [0.15, 0.2) is 0 Å². The van der Waals surface area contributed by atoms with Crippen LogP contribution in [0.5, 0.6) is 0 Å². The predicted molar refractivity (Wildman–Crippen MR) is 67.2 cm³/mol. The summed E-state index contributed by atoms with van der Waals surface area (Å²) in [6.45, 7) is 4.10. The molecule has 0 aliphatic rings. The van der Waals surface area contributed by atoms with Gasteiger partial charge >= 0.3 is 0 Å². The molecule has 2 nitrogen and oxygen atoms in total. The summed E-state index contributed by atoms with van der Waals surface area (Å²) in [7, 11) is 1.83. The number of nitrogens with zero attached hydrogens (tertiary/aromatic N) is 1. The van der Waals surface area contributed by atoms with E-state index in [1.54, 1.807) is 17.0 Å². The normalized spacial score (nSPS) is 12.2. The Balaban J connectivity index is 2.45. The SMILES string of the molecule is CCC(C)N(C)C(=O)CCc1ccc(F)cc1. The summed E-state index contributed by atoms with van der Waals surface area (Å²) in [5.74, 6) is -0.0968. The Bertz CT molecular complexity index is 361. The third-order valence-electron chi connectivity index (χ3n) is 3.19. The van der Waals surface area contributed by atoms with Crippen molar-refractivity contribution in [2.75, 3.05) is 7.05 Å². The lowest BCUT2D eigenvalue weighted by Gasteiger charge is -2.23. The minimum absolute atomic E-state index is 0.142. The zero-order valence-corrected chi connectivity index (χ0v) is 10.7. The van der Waals surface area contributed by atoms with Gasteiger partial charge in [0.1, 0.15) is 5.82 Å². The minimum Gasteiger partial charge on any atom is -0.343 e. The van der Waals surface area contributed by atoms with E-state index in [4.69, 9.17) is 0 Å². The van der Waals surface area contributed by atoms with Gasteiger partial charge in [0.05, 0.1) is 0 Å². The van der Waals surface area contributed by atoms with Crippen LogP contribution in [0, 0.1) is 5.82 Å². The molecule has 0 saturated heterocycles. The number of aryl methyl sites for hydroxylation is 1. The molecule has 0 aromatic heterocycles. The Morgan fingerprint density at radius 3 is 2.47 bits per heavy atom. The third-order valence-corrected chi connectivity index (χ3v) is 3.19. The Kier molecular flexibility index (Phi) is 5.13. The molecule has 0 spiro atoms. The Morgan fingerprint density at radius 2 is 1.94 bits per heavy atom. The van der Waals surface area contributed by atoms with E-state index in [1.807, 2.05) is 14.0 Å². The first kappa shape index (κ1) is 13.7. The summed E-state index contributed by atoms with van der Waals surface area (Å²) in [5, 5.41) is 0. The predicted octanol–water partition coefficient (Wildman–Crippen LogP) is 3.02. The van der Waals surface area contributed by atoms with Crippen molar-refractivity contribution in [1.82, 2.24) is 4.90 Å². The second kappa shape index (κ2) is 6.38. The molecular formula is C14H20FNO. The van der Waals surface area contributed by atoms with E-state index in [-0.39, 0.29) is 17.8 Å². The number of rotatable bonds is 5. The molecule has 17 heavy (non-hydrogen) atoms. The van der Waals surface area contributed by atoms with E-state index in [0.717, 1.165) is 12.0 Å². The summed E-state index contributed by atoms with van der Waals surface area (Å²) in [6, 6.07) is 6.59. The van der Waals surface area contributed by atoms with E-state index in [9.17, 15) is 9.18 Å². The van der Waals surface area contributed by atoms with Crippen LogP contribution in [0.15, 0.2) is 24.3 Å². The lowest BCUT2D eigenvalue weighted by Crippen LogP contribution is -2.34. The monoisotopic (exact) mass is 237 g/mol. The van der Waals surface area contributed by atoms with Crippen molar-refractivity contribution >= 4 is 5.91 Å². The highest BCUT2D eigenvalue weighted by Crippen LogP contribution is 2.08. The fraction of sp³-hybridized carbons (Fsp3) is 0.500. The van der Waals surface area contributed by atoms with Crippen LogP contribution in [0.4, 0.5) is 4.39 Å². The van der Waals surface area contributed by atoms with Crippen molar-refractivity contribution in [3.8, 4) is 0 Å². The van der Waals surface area contributed by atoms with Crippen molar-refractivity contribution in [3.63, 3.8) is 0 Å². The average molecular weight is 237 g/mol. The number of benzene rings is 1. The summed E-state index contributed by atoms with van der Waals surface area (Å²) >= 11 is 0. The molecule has 94 valence electrons. The van der Waals surface area contributed by atoms with Gasteiger partial charge in [0.25, 0.3) is 0 Å². The molecule has 1 amide bonds. The Hall–Kier alpha value is -1.38. The molecule has 3 heteroatoms. The summed E-state index contributed by atoms with van der Waals surface area (Å²) < 4.78 is 12.7. The Morgan fingerprint density at radius 1 is 1.35 bits per heavy atom. The molecule has 1 atom stereocenters. The molecule has 1 aromatic rings. The van der Waals surface area contributed by atoms with E-state index in [0.29, 0.717) is 12.8 Å². The zero-order valence-electron chi connectivity index (χ0n) is 10.7. The lowest BCUT2D eigenvalue weighted by atomic mass is 10.1. The summed E-state index contributed by atoms with van der Waals surface area (Å²) in [6.07, 6.45) is 2.10. The quantitative estimate of drug-likeness (QED) is 0.771. The first-order chi connectivity index (χ1) is 8.04. The van der Waals surface area contributed by atoms with E-state index in [1.165, 1.54) is 12.1 Å². The first-order valence-corrected chi connectivity index (χ1v) is 6.04. The zero-order chi connectivity index (χ0) is 12.8. The number of carbonyl (C=O) groups is 1.